The van der Waals surface area contributed by atoms with Crippen LogP contribution in [0.15, 0.2) is 42.4 Å². The average molecular weight is 284 g/mol. The molecule has 0 aliphatic heterocycles. The van der Waals surface area contributed by atoms with Crippen molar-refractivity contribution in [2.24, 2.45) is 0 Å². The minimum Gasteiger partial charge on any atom is -0.500 e. The van der Waals surface area contributed by atoms with Crippen LogP contribution in [-0.2, 0) is 16.1 Å². The first-order valence-corrected chi connectivity index (χ1v) is 6.14. The van der Waals surface area contributed by atoms with Crippen LogP contribution in [-0.4, -0.2) is 17.7 Å². The number of carbonyl (C=O) groups excluding carboxylic acids is 1. The van der Waals surface area contributed by atoms with Gasteiger partial charge in [0.25, 0.3) is 0 Å². The average Bonchev–Trinajstić information content (AvgIpc) is 2.53. The lowest BCUT2D eigenvalue weighted by Crippen LogP contribution is -2.33. The Hall–Kier alpha value is -3.12. The van der Waals surface area contributed by atoms with E-state index in [9.17, 15) is 9.90 Å². The Morgan fingerprint density at radius 3 is 2.52 bits per heavy atom. The van der Waals surface area contributed by atoms with E-state index >= 15 is 0 Å². The van der Waals surface area contributed by atoms with E-state index in [2.05, 4.69) is 6.58 Å². The molecule has 0 bridgehead atoms. The van der Waals surface area contributed by atoms with Crippen LogP contribution in [0.1, 0.15) is 12.0 Å². The Bertz CT molecular complexity index is 618. The number of nitrogens with zero attached hydrogens (tertiary/aromatic N) is 3. The fraction of sp³-hybridized carbons (Fsp3) is 0.200. The highest BCUT2D eigenvalue weighted by Gasteiger charge is 2.15. The van der Waals surface area contributed by atoms with E-state index < -0.39 is 17.3 Å². The van der Waals surface area contributed by atoms with Gasteiger partial charge in [0.2, 0.25) is 5.76 Å². The number of ether oxygens (including phenoxy) is 1. The first-order valence-electron chi connectivity index (χ1n) is 6.14. The second kappa shape index (κ2) is 8.13. The lowest BCUT2D eigenvalue weighted by Gasteiger charge is -2.02. The van der Waals surface area contributed by atoms with Gasteiger partial charge in [-0.1, -0.05) is 12.7 Å². The summed E-state index contributed by atoms with van der Waals surface area (Å²) in [6.45, 7) is 4.36. The monoisotopic (exact) mass is 284 g/mol. The Morgan fingerprint density at radius 2 is 2.00 bits per heavy atom. The molecule has 0 saturated heterocycles. The zero-order valence-electron chi connectivity index (χ0n) is 11.3. The molecule has 0 aliphatic rings. The van der Waals surface area contributed by atoms with Gasteiger partial charge in [-0.15, -0.1) is 0 Å². The first kappa shape index (κ1) is 15.9. The van der Waals surface area contributed by atoms with E-state index in [1.807, 2.05) is 29.1 Å². The van der Waals surface area contributed by atoms with Crippen LogP contribution in [0.4, 0.5) is 0 Å². The molecule has 0 unspecified atom stereocenters. The second-order valence-electron chi connectivity index (χ2n) is 4.01. The van der Waals surface area contributed by atoms with Gasteiger partial charge in [0.15, 0.2) is 24.5 Å². The maximum atomic E-state index is 11.3. The van der Waals surface area contributed by atoms with E-state index in [0.29, 0.717) is 13.0 Å². The van der Waals surface area contributed by atoms with Crippen LogP contribution in [0, 0.1) is 22.7 Å². The molecule has 1 aromatic rings. The molecule has 1 heterocycles. The van der Waals surface area contributed by atoms with Crippen molar-refractivity contribution in [1.29, 1.82) is 10.5 Å². The summed E-state index contributed by atoms with van der Waals surface area (Å²) in [4.78, 5) is 11.3. The van der Waals surface area contributed by atoms with Gasteiger partial charge < -0.3 is 9.84 Å². The Labute approximate surface area is 122 Å². The Balaban J connectivity index is 2.42. The van der Waals surface area contributed by atoms with Crippen molar-refractivity contribution < 1.29 is 19.2 Å². The number of hydrogen-bond acceptors (Lipinski definition) is 5. The standard InChI is InChI=1S/C15H13N3O3/c1-2-12-4-7-18(8-5-12)6-3-9-21-15(20)14(19)13(10-16)11-17/h2,4-5,7-8H,1,3,6,9H2/p+1. The number of aliphatic hydroxyl groups is 1. The summed E-state index contributed by atoms with van der Waals surface area (Å²) in [5.41, 5.74) is 0.350. The molecule has 0 radical (unpaired) electrons. The fourth-order valence-electron chi connectivity index (χ4n) is 1.47. The largest absolute Gasteiger partial charge is 0.500 e. The van der Waals surface area contributed by atoms with Crippen molar-refractivity contribution in [2.45, 2.75) is 13.0 Å². The Morgan fingerprint density at radius 1 is 1.38 bits per heavy atom. The summed E-state index contributed by atoms with van der Waals surface area (Å²) < 4.78 is 6.69. The number of nitriles is 2. The number of aliphatic hydroxyl groups excluding tert-OH is 1. The molecule has 6 nitrogen and oxygen atoms in total. The highest BCUT2D eigenvalue weighted by Crippen LogP contribution is 2.02. The topological polar surface area (TPSA) is 98.0 Å². The number of carbonyl (C=O) groups is 1. The SMILES string of the molecule is C=Cc1cc[n+](CCCOC(=O)C(O)=C(C#N)C#N)cc1. The normalized spacial score (nSPS) is 9.05. The van der Waals surface area contributed by atoms with Crippen molar-refractivity contribution in [3.63, 3.8) is 0 Å². The van der Waals surface area contributed by atoms with E-state index in [4.69, 9.17) is 15.3 Å². The summed E-state index contributed by atoms with van der Waals surface area (Å²) in [5.74, 6) is -2.02. The van der Waals surface area contributed by atoms with Gasteiger partial charge in [-0.05, 0) is 5.56 Å². The van der Waals surface area contributed by atoms with Gasteiger partial charge in [-0.25, -0.2) is 9.36 Å². The van der Waals surface area contributed by atoms with E-state index in [1.165, 1.54) is 12.1 Å². The summed E-state index contributed by atoms with van der Waals surface area (Å²) >= 11 is 0. The van der Waals surface area contributed by atoms with Crippen LogP contribution in [0.2, 0.25) is 0 Å². The number of aryl methyl sites for hydroxylation is 1. The number of allylic oxidation sites excluding steroid dienone is 1. The predicted octanol–water partition coefficient (Wildman–Crippen LogP) is 1.41. The van der Waals surface area contributed by atoms with Crippen molar-refractivity contribution in [3.8, 4) is 12.1 Å². The van der Waals surface area contributed by atoms with Crippen LogP contribution >= 0.6 is 0 Å². The molecule has 1 N–H and O–H groups in total. The Kier molecular flexibility index (Phi) is 6.17. The molecule has 0 fully saturated rings. The predicted molar refractivity (Wildman–Crippen MR) is 73.2 cm³/mol. The molecule has 0 saturated carbocycles. The third-order valence-corrected chi connectivity index (χ3v) is 2.60. The zero-order valence-corrected chi connectivity index (χ0v) is 11.3. The number of hydrogen-bond donors (Lipinski definition) is 1. The lowest BCUT2D eigenvalue weighted by molar-refractivity contribution is -0.697. The number of rotatable bonds is 6. The zero-order chi connectivity index (χ0) is 15.7. The molecule has 1 rings (SSSR count). The summed E-state index contributed by atoms with van der Waals surface area (Å²) in [7, 11) is 0. The van der Waals surface area contributed by atoms with Crippen molar-refractivity contribution in [2.75, 3.05) is 6.61 Å². The lowest BCUT2D eigenvalue weighted by atomic mass is 10.2. The van der Waals surface area contributed by atoms with Crippen molar-refractivity contribution in [1.82, 2.24) is 0 Å². The van der Waals surface area contributed by atoms with Crippen LogP contribution in [0.3, 0.4) is 0 Å². The summed E-state index contributed by atoms with van der Waals surface area (Å²) in [6, 6.07) is 6.63. The summed E-state index contributed by atoms with van der Waals surface area (Å²) in [6.07, 6.45) is 6.02. The molecule has 0 aromatic carbocycles. The van der Waals surface area contributed by atoms with Gasteiger partial charge in [0, 0.05) is 18.6 Å². The van der Waals surface area contributed by atoms with E-state index in [0.717, 1.165) is 5.56 Å². The molecule has 106 valence electrons. The van der Waals surface area contributed by atoms with Gasteiger partial charge in [-0.3, -0.25) is 0 Å². The maximum Gasteiger partial charge on any atom is 0.375 e. The quantitative estimate of drug-likeness (QED) is 0.213. The van der Waals surface area contributed by atoms with Crippen molar-refractivity contribution >= 4 is 12.0 Å². The smallest absolute Gasteiger partial charge is 0.375 e. The van der Waals surface area contributed by atoms with E-state index in [-0.39, 0.29) is 6.61 Å². The molecule has 0 atom stereocenters. The van der Waals surface area contributed by atoms with Gasteiger partial charge in [0.05, 0.1) is 6.61 Å². The minimum atomic E-state index is -1.07. The minimum absolute atomic E-state index is 0.0727. The summed E-state index contributed by atoms with van der Waals surface area (Å²) in [5, 5.41) is 26.3. The fourth-order valence-corrected chi connectivity index (χ4v) is 1.47. The first-order chi connectivity index (χ1) is 10.1. The molecule has 6 heteroatoms. The maximum absolute atomic E-state index is 11.3. The number of pyridine rings is 1. The molecular formula is C15H14N3O3+. The van der Waals surface area contributed by atoms with Crippen LogP contribution < -0.4 is 4.57 Å². The van der Waals surface area contributed by atoms with Crippen LogP contribution in [0.25, 0.3) is 6.08 Å². The van der Waals surface area contributed by atoms with Gasteiger partial charge in [-0.2, -0.15) is 10.5 Å². The third-order valence-electron chi connectivity index (χ3n) is 2.60. The second-order valence-corrected chi connectivity index (χ2v) is 4.01. The molecule has 1 aromatic heterocycles. The molecular weight excluding hydrogens is 270 g/mol. The van der Waals surface area contributed by atoms with Gasteiger partial charge in [0.1, 0.15) is 12.1 Å². The number of aromatic nitrogens is 1. The highest BCUT2D eigenvalue weighted by molar-refractivity contribution is 5.88. The highest BCUT2D eigenvalue weighted by atomic mass is 16.5. The van der Waals surface area contributed by atoms with Gasteiger partial charge >= 0.3 is 5.97 Å². The van der Waals surface area contributed by atoms with Crippen molar-refractivity contribution in [3.05, 3.63) is 48.0 Å². The third kappa shape index (κ3) is 4.81. The van der Waals surface area contributed by atoms with E-state index in [1.54, 1.807) is 6.08 Å². The molecule has 21 heavy (non-hydrogen) atoms. The van der Waals surface area contributed by atoms with Crippen LogP contribution in [0.5, 0.6) is 0 Å². The number of esters is 1. The molecule has 0 spiro atoms. The molecule has 0 amide bonds. The molecule has 0 aliphatic carbocycles.